The molecular weight excluding hydrogens is 1190 g/mol. The van der Waals surface area contributed by atoms with E-state index in [0.717, 1.165) is 79.1 Å². The van der Waals surface area contributed by atoms with E-state index in [1.807, 2.05) is 48.5 Å². The zero-order chi connectivity index (χ0) is 64.3. The molecule has 0 N–H and O–H groups in total. The molecule has 0 aliphatic rings. The zero-order valence-electron chi connectivity index (χ0n) is 56.8. The van der Waals surface area contributed by atoms with Gasteiger partial charge in [0, 0.05) is 33.6 Å². The maximum Gasteiger partial charge on any atom is 0.0849 e. The van der Waals surface area contributed by atoms with Gasteiger partial charge in [0.05, 0.1) is 68.4 Å². The minimum absolute atomic E-state index is 0. The monoisotopic (exact) mass is 1290 g/mol. The second-order valence-corrected chi connectivity index (χ2v) is 25.7. The Bertz CT molecular complexity index is 3480. The van der Waals surface area contributed by atoms with Crippen LogP contribution in [0, 0.1) is 0 Å². The molecule has 0 fully saturated rings. The van der Waals surface area contributed by atoms with Gasteiger partial charge in [0.25, 0.3) is 0 Å². The Morgan fingerprint density at radius 1 is 0.256 bits per heavy atom. The average Bonchev–Trinajstić information content (AvgIpc) is 0.909. The maximum atomic E-state index is 11.8. The SMILES string of the molecule is CC(=Nc1c(C(C)C)cccc1C(C)C)c1cccc(C(C)=Nc2c(C(C)C)cccc2C(C)C)n1.CC(=Nc1c(C(C)C)cccc1C(C)C)c1cccc(C(C)=Nc2c(C(C)C)cccc2C(C)C)n1.[Co].[Co].[O-]c1c([O-])c2ccccc2c2ccccc12. The Morgan fingerprint density at radius 2 is 0.422 bits per heavy atom. The first-order valence-electron chi connectivity index (χ1n) is 31.8. The van der Waals surface area contributed by atoms with Gasteiger partial charge >= 0.3 is 0 Å². The van der Waals surface area contributed by atoms with Crippen LogP contribution in [0.3, 0.4) is 0 Å². The number of para-hydroxylation sites is 4. The van der Waals surface area contributed by atoms with E-state index in [9.17, 15) is 10.2 Å². The number of hydrogen-bond acceptors (Lipinski definition) is 8. The molecule has 0 saturated carbocycles. The van der Waals surface area contributed by atoms with Gasteiger partial charge in [0.1, 0.15) is 0 Å². The Morgan fingerprint density at radius 3 is 0.600 bits per heavy atom. The third kappa shape index (κ3) is 17.6. The molecule has 7 aromatic carbocycles. The Balaban J connectivity index is 0.000000259. The van der Waals surface area contributed by atoms with Crippen LogP contribution in [0.25, 0.3) is 21.5 Å². The molecule has 10 heteroatoms. The van der Waals surface area contributed by atoms with Gasteiger partial charge in [-0.25, -0.2) is 9.97 Å². The van der Waals surface area contributed by atoms with Crippen molar-refractivity contribution in [3.8, 4) is 11.5 Å². The molecule has 0 aliphatic heterocycles. The van der Waals surface area contributed by atoms with E-state index in [-0.39, 0.29) is 33.6 Å². The fraction of sp³-hybridized carbons (Fsp3) is 0.350. The molecule has 0 spiro atoms. The summed E-state index contributed by atoms with van der Waals surface area (Å²) in [5.74, 6) is 2.41. The molecule has 9 rings (SSSR count). The van der Waals surface area contributed by atoms with Crippen LogP contribution in [0.2, 0.25) is 0 Å². The number of hydrogen-bond donors (Lipinski definition) is 0. The van der Waals surface area contributed by atoms with Gasteiger partial charge in [-0.2, -0.15) is 0 Å². The van der Waals surface area contributed by atoms with Crippen LogP contribution in [-0.4, -0.2) is 32.8 Å². The molecule has 9 aromatic rings. The van der Waals surface area contributed by atoms with Crippen molar-refractivity contribution in [2.75, 3.05) is 0 Å². The zero-order valence-corrected chi connectivity index (χ0v) is 58.9. The molecule has 476 valence electrons. The van der Waals surface area contributed by atoms with Crippen LogP contribution >= 0.6 is 0 Å². The standard InChI is InChI=1S/2C33H43N3.C14H10O2.2Co/c2*1-20(2)26-14-11-15-27(21(3)4)32(26)34-24(9)30-18-13-19-31(36-30)25(10)35-33-28(22(5)6)16-12-17-29(33)23(7)8;15-13-11-7-3-1-5-9(11)10-6-2-4-8-12(10)14(13)16;;/h2*11-23H,1-10H3;1-8,15-16H;;/p-2. The van der Waals surface area contributed by atoms with Gasteiger partial charge in [-0.1, -0.05) is 244 Å². The predicted molar refractivity (Wildman–Crippen MR) is 375 cm³/mol. The molecule has 2 radical (unpaired) electrons. The Kier molecular flexibility index (Phi) is 27.0. The first kappa shape index (κ1) is 73.4. The maximum absolute atomic E-state index is 11.8. The van der Waals surface area contributed by atoms with Crippen molar-refractivity contribution >= 4 is 67.1 Å². The summed E-state index contributed by atoms with van der Waals surface area (Å²) in [4.78, 5) is 30.6. The smallest absolute Gasteiger partial charge is 0.0849 e. The Labute approximate surface area is 559 Å². The number of benzene rings is 7. The molecule has 90 heavy (non-hydrogen) atoms. The van der Waals surface area contributed by atoms with Crippen molar-refractivity contribution in [2.45, 2.75) is 186 Å². The summed E-state index contributed by atoms with van der Waals surface area (Å²) >= 11 is 0. The van der Waals surface area contributed by atoms with Gasteiger partial charge in [0.15, 0.2) is 0 Å². The van der Waals surface area contributed by atoms with Crippen molar-refractivity contribution in [3.05, 3.63) is 225 Å². The van der Waals surface area contributed by atoms with Crippen LogP contribution in [0.1, 0.15) is 253 Å². The number of nitrogens with zero attached hydrogens (tertiary/aromatic N) is 6. The molecule has 0 saturated heterocycles. The summed E-state index contributed by atoms with van der Waals surface area (Å²) in [5.41, 5.74) is 21.8. The van der Waals surface area contributed by atoms with Crippen LogP contribution in [0.4, 0.5) is 22.7 Å². The topological polar surface area (TPSA) is 121 Å². The number of aromatic nitrogens is 2. The Hall–Kier alpha value is -7.35. The number of aliphatic imine (C=N–C) groups is 4. The van der Waals surface area contributed by atoms with Crippen molar-refractivity contribution in [2.24, 2.45) is 20.0 Å². The van der Waals surface area contributed by atoms with Gasteiger partial charge in [-0.15, -0.1) is 11.5 Å². The molecule has 0 aliphatic carbocycles. The summed E-state index contributed by atoms with van der Waals surface area (Å²) < 4.78 is 0. The van der Waals surface area contributed by atoms with Crippen molar-refractivity contribution < 1.29 is 43.8 Å². The number of rotatable bonds is 16. The molecule has 2 heterocycles. The largest absolute Gasteiger partial charge is 0.872 e. The summed E-state index contributed by atoms with van der Waals surface area (Å²) in [6, 6.07) is 52.9. The number of fused-ring (bicyclic) bond motifs is 3. The fourth-order valence-electron chi connectivity index (χ4n) is 11.2. The van der Waals surface area contributed by atoms with E-state index in [0.29, 0.717) is 58.1 Å². The van der Waals surface area contributed by atoms with E-state index in [1.165, 1.54) is 44.5 Å². The van der Waals surface area contributed by atoms with Crippen molar-refractivity contribution in [1.29, 1.82) is 0 Å². The molecule has 0 bridgehead atoms. The van der Waals surface area contributed by atoms with Gasteiger partial charge < -0.3 is 10.2 Å². The van der Waals surface area contributed by atoms with Crippen LogP contribution < -0.4 is 10.2 Å². The molecule has 0 unspecified atom stereocenters. The fourth-order valence-corrected chi connectivity index (χ4v) is 11.2. The predicted octanol–water partition coefficient (Wildman–Crippen LogP) is 21.8. The van der Waals surface area contributed by atoms with Crippen LogP contribution in [-0.2, 0) is 33.6 Å². The molecule has 2 aromatic heterocycles. The first-order chi connectivity index (χ1) is 41.8. The van der Waals surface area contributed by atoms with Crippen molar-refractivity contribution in [3.63, 3.8) is 0 Å². The van der Waals surface area contributed by atoms with Gasteiger partial charge in [-0.3, -0.25) is 20.0 Å². The van der Waals surface area contributed by atoms with Crippen LogP contribution in [0.15, 0.2) is 178 Å². The second-order valence-electron chi connectivity index (χ2n) is 25.7. The molecular formula is C80H94Co2N6O2-2. The third-order valence-electron chi connectivity index (χ3n) is 16.3. The normalized spacial score (nSPS) is 12.3. The molecule has 0 amide bonds. The second kappa shape index (κ2) is 33.1. The molecule has 0 atom stereocenters. The van der Waals surface area contributed by atoms with Gasteiger partial charge in [0.2, 0.25) is 0 Å². The van der Waals surface area contributed by atoms with E-state index in [1.54, 1.807) is 24.3 Å². The minimum Gasteiger partial charge on any atom is -0.872 e. The van der Waals surface area contributed by atoms with E-state index in [4.69, 9.17) is 29.9 Å². The summed E-state index contributed by atoms with van der Waals surface area (Å²) in [6.45, 7) is 43.9. The first-order valence-corrected chi connectivity index (χ1v) is 31.8. The van der Waals surface area contributed by atoms with E-state index < -0.39 is 11.5 Å². The third-order valence-corrected chi connectivity index (χ3v) is 16.3. The average molecular weight is 1290 g/mol. The van der Waals surface area contributed by atoms with Gasteiger partial charge in [-0.05, 0) is 165 Å². The quantitative estimate of drug-likeness (QED) is 0.0706. The summed E-state index contributed by atoms with van der Waals surface area (Å²) in [5, 5.41) is 26.4. The van der Waals surface area contributed by atoms with Crippen molar-refractivity contribution in [1.82, 2.24) is 9.97 Å². The van der Waals surface area contributed by atoms with Crippen LogP contribution in [0.5, 0.6) is 11.5 Å². The molecule has 8 nitrogen and oxygen atoms in total. The minimum atomic E-state index is -0.408. The van der Waals surface area contributed by atoms with E-state index in [2.05, 4.69) is 223 Å². The van der Waals surface area contributed by atoms with E-state index >= 15 is 0 Å². The summed E-state index contributed by atoms with van der Waals surface area (Å²) in [7, 11) is 0. The summed E-state index contributed by atoms with van der Waals surface area (Å²) in [6.07, 6.45) is 0. The number of pyridine rings is 2.